The first kappa shape index (κ1) is 21.3. The first-order valence-electron chi connectivity index (χ1n) is 7.60. The predicted molar refractivity (Wildman–Crippen MR) is 109 cm³/mol. The van der Waals surface area contributed by atoms with Crippen molar-refractivity contribution in [1.82, 2.24) is 0 Å². The SMILES string of the molecule is ClC(Cl)=CCOc1cc(Cl)c(OCCCOc2cccc(Cl)c2)c(Cl)c1. The number of hydrogen-bond acceptors (Lipinski definition) is 3. The lowest BCUT2D eigenvalue weighted by molar-refractivity contribution is 0.247. The first-order valence-corrected chi connectivity index (χ1v) is 9.49. The summed E-state index contributed by atoms with van der Waals surface area (Å²) >= 11 is 29.3. The van der Waals surface area contributed by atoms with Crippen molar-refractivity contribution in [2.24, 2.45) is 0 Å². The summed E-state index contributed by atoms with van der Waals surface area (Å²) in [6.07, 6.45) is 2.16. The minimum atomic E-state index is 0.127. The Morgan fingerprint density at radius 1 is 0.846 bits per heavy atom. The summed E-state index contributed by atoms with van der Waals surface area (Å²) in [6.45, 7) is 1.07. The maximum absolute atomic E-state index is 6.20. The molecular weight excluding hydrogens is 441 g/mol. The molecule has 0 radical (unpaired) electrons. The average Bonchev–Trinajstić information content (AvgIpc) is 2.56. The Kier molecular flexibility index (Phi) is 9.03. The van der Waals surface area contributed by atoms with E-state index in [-0.39, 0.29) is 11.1 Å². The van der Waals surface area contributed by atoms with E-state index in [0.717, 1.165) is 0 Å². The van der Waals surface area contributed by atoms with Gasteiger partial charge in [-0.3, -0.25) is 0 Å². The fraction of sp³-hybridized carbons (Fsp3) is 0.222. The monoisotopic (exact) mass is 454 g/mol. The van der Waals surface area contributed by atoms with Gasteiger partial charge in [-0.1, -0.05) is 64.1 Å². The molecule has 0 spiro atoms. The molecular formula is C18H15Cl5O3. The van der Waals surface area contributed by atoms with E-state index in [9.17, 15) is 0 Å². The van der Waals surface area contributed by atoms with E-state index in [4.69, 9.17) is 72.2 Å². The lowest BCUT2D eigenvalue weighted by Crippen LogP contribution is -2.05. The van der Waals surface area contributed by atoms with Crippen molar-refractivity contribution >= 4 is 58.0 Å². The van der Waals surface area contributed by atoms with Crippen LogP contribution >= 0.6 is 58.0 Å². The summed E-state index contributed by atoms with van der Waals surface area (Å²) < 4.78 is 16.8. The zero-order chi connectivity index (χ0) is 18.9. The van der Waals surface area contributed by atoms with Crippen LogP contribution in [0.2, 0.25) is 15.1 Å². The van der Waals surface area contributed by atoms with Gasteiger partial charge in [0.25, 0.3) is 0 Å². The molecule has 0 aliphatic carbocycles. The molecule has 0 unspecified atom stereocenters. The smallest absolute Gasteiger partial charge is 0.156 e. The Bertz CT molecular complexity index is 737. The molecule has 8 heteroatoms. The maximum Gasteiger partial charge on any atom is 0.156 e. The standard InChI is InChI=1S/C18H15Cl5O3/c19-12-3-1-4-13(9-12)24-6-2-7-26-18-15(20)10-14(11-16(18)21)25-8-5-17(22)23/h1,3-5,9-11H,2,6-8H2. The van der Waals surface area contributed by atoms with E-state index in [2.05, 4.69) is 0 Å². The van der Waals surface area contributed by atoms with Crippen LogP contribution in [0.15, 0.2) is 47.0 Å². The lowest BCUT2D eigenvalue weighted by Gasteiger charge is -2.12. The van der Waals surface area contributed by atoms with Gasteiger partial charge in [-0.2, -0.15) is 0 Å². The highest BCUT2D eigenvalue weighted by atomic mass is 35.5. The second kappa shape index (κ2) is 11.0. The second-order valence-electron chi connectivity index (χ2n) is 5.03. The lowest BCUT2D eigenvalue weighted by atomic mass is 10.3. The van der Waals surface area contributed by atoms with Gasteiger partial charge in [-0.25, -0.2) is 0 Å². The summed E-state index contributed by atoms with van der Waals surface area (Å²) in [5.74, 6) is 1.60. The predicted octanol–water partition coefficient (Wildman–Crippen LogP) is 7.19. The Morgan fingerprint density at radius 3 is 2.19 bits per heavy atom. The topological polar surface area (TPSA) is 27.7 Å². The Labute approximate surface area is 177 Å². The molecule has 2 aromatic carbocycles. The highest BCUT2D eigenvalue weighted by Crippen LogP contribution is 2.37. The van der Waals surface area contributed by atoms with Crippen LogP contribution in [-0.4, -0.2) is 19.8 Å². The third kappa shape index (κ3) is 7.34. The molecule has 0 aromatic heterocycles. The minimum absolute atomic E-state index is 0.127. The molecule has 0 heterocycles. The number of halogens is 5. The molecule has 3 nitrogen and oxygen atoms in total. The van der Waals surface area contributed by atoms with E-state index in [1.807, 2.05) is 12.1 Å². The van der Waals surface area contributed by atoms with Crippen LogP contribution in [0.3, 0.4) is 0 Å². The summed E-state index contributed by atoms with van der Waals surface area (Å²) in [7, 11) is 0. The molecule has 0 aliphatic heterocycles. The molecule has 2 aromatic rings. The van der Waals surface area contributed by atoms with Gasteiger partial charge in [-0.15, -0.1) is 0 Å². The van der Waals surface area contributed by atoms with E-state index in [1.54, 1.807) is 24.3 Å². The molecule has 0 aliphatic rings. The maximum atomic E-state index is 6.20. The molecule has 0 amide bonds. The zero-order valence-corrected chi connectivity index (χ0v) is 17.3. The van der Waals surface area contributed by atoms with E-state index in [1.165, 1.54) is 6.08 Å². The van der Waals surface area contributed by atoms with E-state index < -0.39 is 0 Å². The highest BCUT2D eigenvalue weighted by molar-refractivity contribution is 6.55. The highest BCUT2D eigenvalue weighted by Gasteiger charge is 2.10. The van der Waals surface area contributed by atoms with Crippen LogP contribution < -0.4 is 14.2 Å². The van der Waals surface area contributed by atoms with Gasteiger partial charge in [-0.05, 0) is 24.3 Å². The molecule has 0 fully saturated rings. The normalized spacial score (nSPS) is 10.3. The first-order chi connectivity index (χ1) is 12.5. The van der Waals surface area contributed by atoms with Crippen LogP contribution in [-0.2, 0) is 0 Å². The van der Waals surface area contributed by atoms with Crippen LogP contribution in [0.4, 0.5) is 0 Å². The molecule has 0 saturated heterocycles. The fourth-order valence-corrected chi connectivity index (χ4v) is 2.82. The van der Waals surface area contributed by atoms with Gasteiger partial charge in [0.1, 0.15) is 22.6 Å². The third-order valence-corrected chi connectivity index (χ3v) is 4.16. The molecule has 140 valence electrons. The fourth-order valence-electron chi connectivity index (χ4n) is 1.94. The van der Waals surface area contributed by atoms with Crippen LogP contribution in [0.1, 0.15) is 6.42 Å². The number of ether oxygens (including phenoxy) is 3. The van der Waals surface area contributed by atoms with Gasteiger partial charge in [0, 0.05) is 23.6 Å². The van der Waals surface area contributed by atoms with Crippen molar-refractivity contribution in [1.29, 1.82) is 0 Å². The van der Waals surface area contributed by atoms with Crippen LogP contribution in [0.5, 0.6) is 17.2 Å². The molecule has 0 saturated carbocycles. The van der Waals surface area contributed by atoms with Crippen molar-refractivity contribution in [2.75, 3.05) is 19.8 Å². The molecule has 0 N–H and O–H groups in total. The largest absolute Gasteiger partial charge is 0.493 e. The van der Waals surface area contributed by atoms with Gasteiger partial charge < -0.3 is 14.2 Å². The zero-order valence-electron chi connectivity index (χ0n) is 13.5. The van der Waals surface area contributed by atoms with Crippen molar-refractivity contribution in [2.45, 2.75) is 6.42 Å². The minimum Gasteiger partial charge on any atom is -0.493 e. The summed E-state index contributed by atoms with van der Waals surface area (Å²) in [5.41, 5.74) is 0. The van der Waals surface area contributed by atoms with Gasteiger partial charge >= 0.3 is 0 Å². The van der Waals surface area contributed by atoms with Crippen molar-refractivity contribution in [3.63, 3.8) is 0 Å². The molecule has 0 bridgehead atoms. The number of hydrogen-bond donors (Lipinski definition) is 0. The van der Waals surface area contributed by atoms with Crippen LogP contribution in [0, 0.1) is 0 Å². The van der Waals surface area contributed by atoms with Crippen LogP contribution in [0.25, 0.3) is 0 Å². The third-order valence-electron chi connectivity index (χ3n) is 3.06. The Morgan fingerprint density at radius 2 is 1.54 bits per heavy atom. The van der Waals surface area contributed by atoms with Gasteiger partial charge in [0.15, 0.2) is 5.75 Å². The quantitative estimate of drug-likeness (QED) is 0.374. The number of benzene rings is 2. The van der Waals surface area contributed by atoms with Crippen molar-refractivity contribution in [3.8, 4) is 17.2 Å². The molecule has 0 atom stereocenters. The Balaban J connectivity index is 1.80. The van der Waals surface area contributed by atoms with Crippen molar-refractivity contribution < 1.29 is 14.2 Å². The second-order valence-corrected chi connectivity index (χ2v) is 7.29. The van der Waals surface area contributed by atoms with E-state index >= 15 is 0 Å². The number of rotatable bonds is 9. The molecule has 2 rings (SSSR count). The Hall–Kier alpha value is -0.970. The van der Waals surface area contributed by atoms with Gasteiger partial charge in [0.05, 0.1) is 23.3 Å². The van der Waals surface area contributed by atoms with E-state index in [0.29, 0.717) is 52.0 Å². The molecule has 26 heavy (non-hydrogen) atoms. The van der Waals surface area contributed by atoms with Crippen molar-refractivity contribution in [3.05, 3.63) is 62.0 Å². The average molecular weight is 457 g/mol. The van der Waals surface area contributed by atoms with Gasteiger partial charge in [0.2, 0.25) is 0 Å². The summed E-state index contributed by atoms with van der Waals surface area (Å²) in [4.78, 5) is 0. The summed E-state index contributed by atoms with van der Waals surface area (Å²) in [6, 6.07) is 10.4. The summed E-state index contributed by atoms with van der Waals surface area (Å²) in [5, 5.41) is 1.33.